The quantitative estimate of drug-likeness (QED) is 0.334. The smallest absolute Gasteiger partial charge is 0.317 e. The van der Waals surface area contributed by atoms with Gasteiger partial charge in [-0.25, -0.2) is 4.79 Å². The van der Waals surface area contributed by atoms with Crippen molar-refractivity contribution in [3.63, 3.8) is 0 Å². The molecule has 1 saturated carbocycles. The van der Waals surface area contributed by atoms with E-state index in [0.717, 1.165) is 50.1 Å². The molecule has 1 aliphatic heterocycles. The van der Waals surface area contributed by atoms with E-state index >= 15 is 0 Å². The summed E-state index contributed by atoms with van der Waals surface area (Å²) >= 11 is 6.30. The van der Waals surface area contributed by atoms with Crippen LogP contribution in [-0.2, 0) is 10.3 Å². The Labute approximate surface area is 217 Å². The van der Waals surface area contributed by atoms with Gasteiger partial charge in [0.15, 0.2) is 0 Å². The Morgan fingerprint density at radius 3 is 2.74 bits per heavy atom. The first-order chi connectivity index (χ1) is 17.0. The summed E-state index contributed by atoms with van der Waals surface area (Å²) in [6.45, 7) is 2.59. The van der Waals surface area contributed by atoms with Crippen molar-refractivity contribution in [3.05, 3.63) is 34.9 Å². The number of carbonyl (C=O) groups is 1. The monoisotopic (exact) mass is 507 g/mol. The Morgan fingerprint density at radius 1 is 1.23 bits per heavy atom. The van der Waals surface area contributed by atoms with Gasteiger partial charge in [-0.3, -0.25) is 0 Å². The second-order valence-corrected chi connectivity index (χ2v) is 11.0. The molecule has 198 valence electrons. The van der Waals surface area contributed by atoms with E-state index < -0.39 is 5.60 Å². The predicted molar refractivity (Wildman–Crippen MR) is 143 cm³/mol. The average Bonchev–Trinajstić information content (AvgIpc) is 2.89. The largest absolute Gasteiger partial charge is 0.385 e. The lowest BCUT2D eigenvalue weighted by Gasteiger charge is -2.43. The molecule has 6 nitrogen and oxygen atoms in total. The van der Waals surface area contributed by atoms with E-state index in [2.05, 4.69) is 10.6 Å². The fourth-order valence-electron chi connectivity index (χ4n) is 5.99. The Balaban J connectivity index is 1.61. The molecule has 3 N–H and O–H groups in total. The molecule has 2 aliphatic rings. The lowest BCUT2D eigenvalue weighted by Crippen LogP contribution is -2.52. The second-order valence-electron chi connectivity index (χ2n) is 10.6. The molecule has 7 heteroatoms. The third-order valence-electron chi connectivity index (χ3n) is 8.12. The fourth-order valence-corrected chi connectivity index (χ4v) is 6.18. The number of methoxy groups -OCH3 is 1. The minimum atomic E-state index is -1.02. The molecule has 1 heterocycles. The predicted octanol–water partition coefficient (Wildman–Crippen LogP) is 5.32. The molecule has 1 aliphatic carbocycles. The molecule has 2 fully saturated rings. The number of benzene rings is 1. The summed E-state index contributed by atoms with van der Waals surface area (Å²) in [6.07, 6.45) is 11.9. The number of rotatable bonds is 12. The van der Waals surface area contributed by atoms with Gasteiger partial charge in [-0.2, -0.15) is 0 Å². The van der Waals surface area contributed by atoms with Crippen molar-refractivity contribution in [2.75, 3.05) is 40.4 Å². The number of likely N-dealkylation sites (N-methyl/N-ethyl adjacent to an activating group) is 1. The third-order valence-corrected chi connectivity index (χ3v) is 8.35. The van der Waals surface area contributed by atoms with E-state index in [0.29, 0.717) is 37.2 Å². The molecule has 1 aromatic carbocycles. The van der Waals surface area contributed by atoms with Crippen LogP contribution in [0.3, 0.4) is 0 Å². The number of hydrogen-bond donors (Lipinski definition) is 3. The van der Waals surface area contributed by atoms with Gasteiger partial charge in [-0.05, 0) is 69.2 Å². The Hall–Kier alpha value is -1.34. The summed E-state index contributed by atoms with van der Waals surface area (Å²) < 4.78 is 5.21. The van der Waals surface area contributed by atoms with Gasteiger partial charge in [-0.15, -0.1) is 0 Å². The summed E-state index contributed by atoms with van der Waals surface area (Å²) in [7, 11) is 3.69. The SMILES string of the molecule is CN[C@H](CNC(=O)N1CCC[C@@H]([C@@](O)(CCCCOC)c2cccc(Cl)c2)C1)CC1CCCCC1. The van der Waals surface area contributed by atoms with Crippen LogP contribution in [0.1, 0.15) is 76.2 Å². The number of carbonyl (C=O) groups excluding carboxylic acids is 1. The number of hydrogen-bond acceptors (Lipinski definition) is 4. The highest BCUT2D eigenvalue weighted by molar-refractivity contribution is 6.30. The Morgan fingerprint density at radius 2 is 2.03 bits per heavy atom. The number of nitrogens with zero attached hydrogens (tertiary/aromatic N) is 1. The highest BCUT2D eigenvalue weighted by atomic mass is 35.5. The van der Waals surface area contributed by atoms with Crippen molar-refractivity contribution in [1.29, 1.82) is 0 Å². The normalized spacial score (nSPS) is 21.9. The fraction of sp³-hybridized carbons (Fsp3) is 0.750. The van der Waals surface area contributed by atoms with Gasteiger partial charge >= 0.3 is 6.03 Å². The van der Waals surface area contributed by atoms with Crippen LogP contribution in [0.4, 0.5) is 4.79 Å². The number of nitrogens with one attached hydrogen (secondary N) is 2. The standard InChI is InChI=1S/C28H46ClN3O3/c1-30-26(18-22-10-4-3-5-11-22)20-31-27(33)32-16-9-13-24(21-32)28(34,15-6-7-17-35-2)23-12-8-14-25(29)19-23/h8,12,14,19,22,24,26,30,34H,3-7,9-11,13,15-18,20-21H2,1-2H3,(H,31,33)/t24-,26+,28-/m1/s1. The van der Waals surface area contributed by atoms with Crippen LogP contribution in [0.5, 0.6) is 0 Å². The topological polar surface area (TPSA) is 73.8 Å². The number of aliphatic hydroxyl groups is 1. The van der Waals surface area contributed by atoms with E-state index in [-0.39, 0.29) is 11.9 Å². The highest BCUT2D eigenvalue weighted by Gasteiger charge is 2.41. The molecular weight excluding hydrogens is 462 g/mol. The number of urea groups is 1. The van der Waals surface area contributed by atoms with E-state index in [1.165, 1.54) is 32.1 Å². The zero-order valence-electron chi connectivity index (χ0n) is 21.7. The maximum Gasteiger partial charge on any atom is 0.317 e. The molecule has 1 aromatic rings. The van der Waals surface area contributed by atoms with Crippen molar-refractivity contribution in [3.8, 4) is 0 Å². The number of unbranched alkanes of at least 4 members (excludes halogenated alkanes) is 1. The summed E-state index contributed by atoms with van der Waals surface area (Å²) in [5.74, 6) is 0.730. The molecule has 0 radical (unpaired) electrons. The van der Waals surface area contributed by atoms with Gasteiger partial charge in [0.25, 0.3) is 0 Å². The van der Waals surface area contributed by atoms with Crippen molar-refractivity contribution in [2.45, 2.75) is 82.3 Å². The minimum absolute atomic E-state index is 0.0218. The van der Waals surface area contributed by atoms with Crippen LogP contribution in [0.15, 0.2) is 24.3 Å². The number of likely N-dealkylation sites (tertiary alicyclic amines) is 1. The van der Waals surface area contributed by atoms with Crippen LogP contribution < -0.4 is 10.6 Å². The number of piperidine rings is 1. The Kier molecular flexibility index (Phi) is 11.6. The first-order valence-electron chi connectivity index (χ1n) is 13.6. The number of amides is 2. The first-order valence-corrected chi connectivity index (χ1v) is 14.0. The molecule has 0 aromatic heterocycles. The molecular formula is C28H46ClN3O3. The van der Waals surface area contributed by atoms with Crippen molar-refractivity contribution >= 4 is 17.6 Å². The van der Waals surface area contributed by atoms with Gasteiger partial charge in [0.1, 0.15) is 0 Å². The van der Waals surface area contributed by atoms with Crippen LogP contribution in [-0.4, -0.2) is 62.5 Å². The lowest BCUT2D eigenvalue weighted by atomic mass is 9.74. The van der Waals surface area contributed by atoms with Crippen molar-refractivity contribution in [2.24, 2.45) is 11.8 Å². The van der Waals surface area contributed by atoms with Crippen LogP contribution in [0, 0.1) is 11.8 Å². The molecule has 1 saturated heterocycles. The first kappa shape index (κ1) is 28.2. The zero-order chi connectivity index (χ0) is 25.1. The molecule has 35 heavy (non-hydrogen) atoms. The van der Waals surface area contributed by atoms with E-state index in [1.807, 2.05) is 36.2 Å². The summed E-state index contributed by atoms with van der Waals surface area (Å²) in [4.78, 5) is 15.0. The number of halogens is 1. The van der Waals surface area contributed by atoms with Crippen LogP contribution >= 0.6 is 11.6 Å². The van der Waals surface area contributed by atoms with Crippen molar-refractivity contribution < 1.29 is 14.6 Å². The maximum atomic E-state index is 13.1. The summed E-state index contributed by atoms with van der Waals surface area (Å²) in [5, 5.41) is 19.2. The van der Waals surface area contributed by atoms with Crippen LogP contribution in [0.2, 0.25) is 5.02 Å². The highest BCUT2D eigenvalue weighted by Crippen LogP contribution is 2.40. The van der Waals surface area contributed by atoms with Gasteiger partial charge < -0.3 is 25.4 Å². The molecule has 3 atom stereocenters. The second kappa shape index (κ2) is 14.4. The third kappa shape index (κ3) is 8.34. The van der Waals surface area contributed by atoms with E-state index in [1.54, 1.807) is 7.11 Å². The molecule has 0 spiro atoms. The zero-order valence-corrected chi connectivity index (χ0v) is 22.5. The van der Waals surface area contributed by atoms with Gasteiger partial charge in [0.05, 0.1) is 5.60 Å². The molecule has 0 unspecified atom stereocenters. The molecule has 0 bridgehead atoms. The molecule has 2 amide bonds. The van der Waals surface area contributed by atoms with Crippen molar-refractivity contribution in [1.82, 2.24) is 15.5 Å². The van der Waals surface area contributed by atoms with Gasteiger partial charge in [0, 0.05) is 50.3 Å². The minimum Gasteiger partial charge on any atom is -0.385 e. The van der Waals surface area contributed by atoms with Gasteiger partial charge in [-0.1, -0.05) is 55.8 Å². The van der Waals surface area contributed by atoms with E-state index in [9.17, 15) is 9.90 Å². The lowest BCUT2D eigenvalue weighted by molar-refractivity contribution is -0.0563. The summed E-state index contributed by atoms with van der Waals surface area (Å²) in [5.41, 5.74) is -0.177. The summed E-state index contributed by atoms with van der Waals surface area (Å²) in [6, 6.07) is 7.85. The average molecular weight is 508 g/mol. The van der Waals surface area contributed by atoms with Crippen LogP contribution in [0.25, 0.3) is 0 Å². The Bertz CT molecular complexity index is 774. The van der Waals surface area contributed by atoms with Gasteiger partial charge in [0.2, 0.25) is 0 Å². The maximum absolute atomic E-state index is 13.1. The number of ether oxygens (including phenoxy) is 1. The molecule has 3 rings (SSSR count). The van der Waals surface area contributed by atoms with E-state index in [4.69, 9.17) is 16.3 Å².